The Hall–Kier alpha value is -1.03. The average molecular weight is 225 g/mol. The van der Waals surface area contributed by atoms with Gasteiger partial charge in [0.05, 0.1) is 12.2 Å². The Morgan fingerprint density at radius 1 is 1.67 bits per heavy atom. The molecule has 0 bridgehead atoms. The van der Waals surface area contributed by atoms with Gasteiger partial charge in [0.2, 0.25) is 0 Å². The fraction of sp³-hybridized carbons (Fsp3) is 0.545. The Morgan fingerprint density at radius 2 is 2.40 bits per heavy atom. The first-order valence-electron chi connectivity index (χ1n) is 5.28. The quantitative estimate of drug-likeness (QED) is 0.802. The van der Waals surface area contributed by atoms with Crippen LogP contribution in [0.25, 0.3) is 0 Å². The predicted molar refractivity (Wildman–Crippen MR) is 61.3 cm³/mol. The number of hydrogen-bond acceptors (Lipinski definition) is 4. The summed E-state index contributed by atoms with van der Waals surface area (Å²) in [4.78, 5) is 11.7. The van der Waals surface area contributed by atoms with Crippen molar-refractivity contribution in [3.8, 4) is 0 Å². The number of carbonyl (C=O) groups is 1. The van der Waals surface area contributed by atoms with E-state index in [1.54, 1.807) is 0 Å². The summed E-state index contributed by atoms with van der Waals surface area (Å²) in [5.74, 6) is 0.292. The first-order chi connectivity index (χ1) is 7.24. The second-order valence-electron chi connectivity index (χ2n) is 3.84. The summed E-state index contributed by atoms with van der Waals surface area (Å²) in [6.45, 7) is 2.45. The third-order valence-electron chi connectivity index (χ3n) is 2.51. The van der Waals surface area contributed by atoms with Crippen LogP contribution in [0.5, 0.6) is 0 Å². The second-order valence-corrected chi connectivity index (χ2v) is 4.75. The SMILES string of the molecule is CCCOC(=O)c1c(C2CC2)csc1N. The van der Waals surface area contributed by atoms with Crippen molar-refractivity contribution in [2.75, 3.05) is 12.3 Å². The molecule has 0 aliphatic heterocycles. The number of hydrogen-bond donors (Lipinski definition) is 1. The van der Waals surface area contributed by atoms with E-state index in [0.29, 0.717) is 23.1 Å². The predicted octanol–water partition coefficient (Wildman–Crippen LogP) is 2.77. The smallest absolute Gasteiger partial charge is 0.341 e. The van der Waals surface area contributed by atoms with Gasteiger partial charge in [-0.05, 0) is 36.1 Å². The van der Waals surface area contributed by atoms with Crippen molar-refractivity contribution >= 4 is 22.3 Å². The summed E-state index contributed by atoms with van der Waals surface area (Å²) in [5, 5.41) is 2.59. The number of nitrogen functional groups attached to an aromatic ring is 1. The molecule has 4 heteroatoms. The molecule has 0 amide bonds. The van der Waals surface area contributed by atoms with Crippen molar-refractivity contribution in [1.82, 2.24) is 0 Å². The molecule has 1 saturated carbocycles. The van der Waals surface area contributed by atoms with Gasteiger partial charge in [-0.2, -0.15) is 0 Å². The molecule has 2 rings (SSSR count). The van der Waals surface area contributed by atoms with Crippen LogP contribution in [0.15, 0.2) is 5.38 Å². The Labute approximate surface area is 93.2 Å². The summed E-state index contributed by atoms with van der Waals surface area (Å²) in [6.07, 6.45) is 3.18. The van der Waals surface area contributed by atoms with E-state index in [1.807, 2.05) is 12.3 Å². The highest BCUT2D eigenvalue weighted by Crippen LogP contribution is 2.45. The van der Waals surface area contributed by atoms with Gasteiger partial charge in [-0.1, -0.05) is 6.92 Å². The van der Waals surface area contributed by atoms with Gasteiger partial charge >= 0.3 is 5.97 Å². The highest BCUT2D eigenvalue weighted by atomic mass is 32.1. The van der Waals surface area contributed by atoms with Crippen molar-refractivity contribution in [2.45, 2.75) is 32.1 Å². The van der Waals surface area contributed by atoms with Gasteiger partial charge in [0, 0.05) is 0 Å². The standard InChI is InChI=1S/C11H15NO2S/c1-2-5-14-11(13)9-8(7-3-4-7)6-15-10(9)12/h6-7H,2-5,12H2,1H3. The molecule has 2 N–H and O–H groups in total. The van der Waals surface area contributed by atoms with Crippen LogP contribution in [0.2, 0.25) is 0 Å². The maximum absolute atomic E-state index is 11.7. The number of ether oxygens (including phenoxy) is 1. The van der Waals surface area contributed by atoms with E-state index in [2.05, 4.69) is 0 Å². The number of esters is 1. The summed E-state index contributed by atoms with van der Waals surface area (Å²) < 4.78 is 5.12. The lowest BCUT2D eigenvalue weighted by Gasteiger charge is -2.04. The number of anilines is 1. The number of carbonyl (C=O) groups excluding carboxylic acids is 1. The fourth-order valence-corrected chi connectivity index (χ4v) is 2.45. The zero-order valence-corrected chi connectivity index (χ0v) is 9.60. The van der Waals surface area contributed by atoms with E-state index in [-0.39, 0.29) is 5.97 Å². The van der Waals surface area contributed by atoms with Gasteiger partial charge < -0.3 is 10.5 Å². The van der Waals surface area contributed by atoms with Crippen LogP contribution < -0.4 is 5.73 Å². The molecule has 1 aliphatic carbocycles. The van der Waals surface area contributed by atoms with Crippen molar-refractivity contribution in [3.63, 3.8) is 0 Å². The highest BCUT2D eigenvalue weighted by Gasteiger charge is 2.31. The van der Waals surface area contributed by atoms with Crippen molar-refractivity contribution in [3.05, 3.63) is 16.5 Å². The molecule has 0 unspecified atom stereocenters. The number of rotatable bonds is 4. The molecule has 82 valence electrons. The van der Waals surface area contributed by atoms with E-state index in [4.69, 9.17) is 10.5 Å². The molecule has 15 heavy (non-hydrogen) atoms. The minimum Gasteiger partial charge on any atom is -0.462 e. The van der Waals surface area contributed by atoms with E-state index in [9.17, 15) is 4.79 Å². The lowest BCUT2D eigenvalue weighted by Crippen LogP contribution is -2.09. The second kappa shape index (κ2) is 4.23. The van der Waals surface area contributed by atoms with E-state index < -0.39 is 0 Å². The van der Waals surface area contributed by atoms with Crippen molar-refractivity contribution in [2.24, 2.45) is 0 Å². The molecule has 3 nitrogen and oxygen atoms in total. The van der Waals surface area contributed by atoms with Crippen LogP contribution >= 0.6 is 11.3 Å². The van der Waals surface area contributed by atoms with Crippen molar-refractivity contribution < 1.29 is 9.53 Å². The normalized spacial score (nSPS) is 15.3. The Kier molecular flexibility index (Phi) is 2.95. The van der Waals surface area contributed by atoms with Gasteiger partial charge in [-0.25, -0.2) is 4.79 Å². The van der Waals surface area contributed by atoms with E-state index in [0.717, 1.165) is 12.0 Å². The first-order valence-corrected chi connectivity index (χ1v) is 6.16. The van der Waals surface area contributed by atoms with E-state index >= 15 is 0 Å². The lowest BCUT2D eigenvalue weighted by molar-refractivity contribution is 0.0505. The number of nitrogens with two attached hydrogens (primary N) is 1. The minimum absolute atomic E-state index is 0.252. The molecular formula is C11H15NO2S. The van der Waals surface area contributed by atoms with Gasteiger partial charge in [-0.15, -0.1) is 11.3 Å². The molecular weight excluding hydrogens is 210 g/mol. The molecule has 0 spiro atoms. The van der Waals surface area contributed by atoms with Crippen LogP contribution in [-0.2, 0) is 4.74 Å². The van der Waals surface area contributed by atoms with Gasteiger partial charge in [0.1, 0.15) is 5.00 Å². The fourth-order valence-electron chi connectivity index (χ4n) is 1.57. The zero-order chi connectivity index (χ0) is 10.8. The molecule has 0 atom stereocenters. The van der Waals surface area contributed by atoms with Crippen LogP contribution in [0.3, 0.4) is 0 Å². The van der Waals surface area contributed by atoms with Crippen molar-refractivity contribution in [1.29, 1.82) is 0 Å². The van der Waals surface area contributed by atoms with Gasteiger partial charge in [0.25, 0.3) is 0 Å². The third-order valence-corrected chi connectivity index (χ3v) is 3.34. The lowest BCUT2D eigenvalue weighted by atomic mass is 10.1. The molecule has 0 aromatic carbocycles. The average Bonchev–Trinajstić information content (AvgIpc) is 2.99. The van der Waals surface area contributed by atoms with E-state index in [1.165, 1.54) is 24.2 Å². The van der Waals surface area contributed by atoms with Gasteiger partial charge in [-0.3, -0.25) is 0 Å². The summed E-state index contributed by atoms with van der Waals surface area (Å²) in [6, 6.07) is 0. The van der Waals surface area contributed by atoms with Crippen LogP contribution in [-0.4, -0.2) is 12.6 Å². The Balaban J connectivity index is 2.17. The molecule has 1 fully saturated rings. The number of thiophene rings is 1. The Morgan fingerprint density at radius 3 is 3.00 bits per heavy atom. The summed E-state index contributed by atoms with van der Waals surface area (Å²) in [5.41, 5.74) is 7.51. The maximum Gasteiger partial charge on any atom is 0.341 e. The molecule has 0 radical (unpaired) electrons. The summed E-state index contributed by atoms with van der Waals surface area (Å²) in [7, 11) is 0. The molecule has 1 heterocycles. The first kappa shape index (κ1) is 10.5. The minimum atomic E-state index is -0.252. The van der Waals surface area contributed by atoms with Crippen LogP contribution in [0, 0.1) is 0 Å². The highest BCUT2D eigenvalue weighted by molar-refractivity contribution is 7.14. The zero-order valence-electron chi connectivity index (χ0n) is 8.79. The van der Waals surface area contributed by atoms with Crippen LogP contribution in [0.1, 0.15) is 48.0 Å². The molecule has 1 aromatic rings. The monoisotopic (exact) mass is 225 g/mol. The Bertz CT molecular complexity index is 369. The molecule has 0 saturated heterocycles. The maximum atomic E-state index is 11.7. The van der Waals surface area contributed by atoms with Crippen LogP contribution in [0.4, 0.5) is 5.00 Å². The molecule has 1 aromatic heterocycles. The summed E-state index contributed by atoms with van der Waals surface area (Å²) >= 11 is 1.44. The molecule has 1 aliphatic rings. The topological polar surface area (TPSA) is 52.3 Å². The van der Waals surface area contributed by atoms with Gasteiger partial charge in [0.15, 0.2) is 0 Å². The largest absolute Gasteiger partial charge is 0.462 e. The third kappa shape index (κ3) is 2.15.